The zero-order valence-electron chi connectivity index (χ0n) is 25.6. The normalized spacial score (nSPS) is 11.3. The van der Waals surface area contributed by atoms with E-state index in [-0.39, 0.29) is 23.0 Å². The zero-order valence-corrected chi connectivity index (χ0v) is 25.6. The highest BCUT2D eigenvalue weighted by atomic mass is 16.3. The third-order valence-corrected chi connectivity index (χ3v) is 8.47. The van der Waals surface area contributed by atoms with Crippen LogP contribution in [0, 0.1) is 27.7 Å². The Hall–Kier alpha value is -4.70. The van der Waals surface area contributed by atoms with E-state index in [0.717, 1.165) is 69.3 Å². The summed E-state index contributed by atoms with van der Waals surface area (Å²) >= 11 is 0. The molecule has 5 aromatic carbocycles. The summed E-state index contributed by atoms with van der Waals surface area (Å²) in [5, 5.41) is 43.5. The number of phenols is 4. The quantitative estimate of drug-likeness (QED) is 0.140. The van der Waals surface area contributed by atoms with Crippen LogP contribution in [0.5, 0.6) is 23.0 Å². The molecule has 0 unspecified atom stereocenters. The van der Waals surface area contributed by atoms with E-state index in [2.05, 4.69) is 31.2 Å². The van der Waals surface area contributed by atoms with Gasteiger partial charge in [0.1, 0.15) is 23.0 Å². The molecule has 43 heavy (non-hydrogen) atoms. The van der Waals surface area contributed by atoms with Crippen LogP contribution in [0.2, 0.25) is 0 Å². The number of hydrogen-bond donors (Lipinski definition) is 4. The Kier molecular flexibility index (Phi) is 8.50. The van der Waals surface area contributed by atoms with Gasteiger partial charge in [0.05, 0.1) is 0 Å². The Bertz CT molecular complexity index is 1680. The Morgan fingerprint density at radius 2 is 0.953 bits per heavy atom. The van der Waals surface area contributed by atoms with Crippen molar-refractivity contribution in [2.24, 2.45) is 0 Å². The predicted octanol–water partition coefficient (Wildman–Crippen LogP) is 9.60. The number of rotatable bonds is 8. The highest BCUT2D eigenvalue weighted by molar-refractivity contribution is 5.73. The Balaban J connectivity index is 1.75. The lowest BCUT2D eigenvalue weighted by Crippen LogP contribution is -2.07. The fraction of sp³-hybridized carbons (Fsp3) is 0.231. The molecular formula is C39H40O4. The molecule has 0 aliphatic heterocycles. The summed E-state index contributed by atoms with van der Waals surface area (Å²) in [5.74, 6) is 0.378. The van der Waals surface area contributed by atoms with E-state index in [0.29, 0.717) is 11.1 Å². The van der Waals surface area contributed by atoms with Crippen LogP contribution < -0.4 is 0 Å². The van der Waals surface area contributed by atoms with Gasteiger partial charge in [0, 0.05) is 17.0 Å². The van der Waals surface area contributed by atoms with Gasteiger partial charge < -0.3 is 20.4 Å². The van der Waals surface area contributed by atoms with Crippen molar-refractivity contribution < 1.29 is 20.4 Å². The molecule has 0 heterocycles. The van der Waals surface area contributed by atoms with Crippen LogP contribution in [0.25, 0.3) is 22.3 Å². The van der Waals surface area contributed by atoms with Crippen LogP contribution in [-0.4, -0.2) is 20.4 Å². The van der Waals surface area contributed by atoms with Gasteiger partial charge in [-0.2, -0.15) is 0 Å². The average molecular weight is 573 g/mol. The summed E-state index contributed by atoms with van der Waals surface area (Å²) in [6.45, 7) is 9.70. The Labute approximate surface area is 254 Å². The number of aromatic hydroxyl groups is 4. The SMILES string of the molecule is CCCCc1ccc(C(c2cc(-c3ccc(O)c(C)c3)cc(C)c2O)c2cc(-c3ccc(O)c(C)c3)cc(C)c2O)cc1. The van der Waals surface area contributed by atoms with Crippen molar-refractivity contribution in [1.82, 2.24) is 0 Å². The molecule has 0 saturated carbocycles. The second kappa shape index (κ2) is 12.3. The molecule has 4 nitrogen and oxygen atoms in total. The molecule has 5 aromatic rings. The number of hydrogen-bond acceptors (Lipinski definition) is 4. The average Bonchev–Trinajstić information content (AvgIpc) is 2.99. The monoisotopic (exact) mass is 572 g/mol. The van der Waals surface area contributed by atoms with Crippen LogP contribution in [0.15, 0.2) is 84.9 Å². The summed E-state index contributed by atoms with van der Waals surface area (Å²) in [5.41, 5.74) is 10.3. The third kappa shape index (κ3) is 6.10. The number of unbranched alkanes of at least 4 members (excludes halogenated alkanes) is 1. The molecule has 4 heteroatoms. The minimum Gasteiger partial charge on any atom is -0.508 e. The van der Waals surface area contributed by atoms with E-state index < -0.39 is 5.92 Å². The first-order valence-corrected chi connectivity index (χ1v) is 14.9. The summed E-state index contributed by atoms with van der Waals surface area (Å²) in [6.07, 6.45) is 3.24. The van der Waals surface area contributed by atoms with Gasteiger partial charge in [0.2, 0.25) is 0 Å². The molecule has 0 fully saturated rings. The molecule has 0 saturated heterocycles. The second-order valence-electron chi connectivity index (χ2n) is 11.7. The largest absolute Gasteiger partial charge is 0.508 e. The van der Waals surface area contributed by atoms with Crippen LogP contribution in [-0.2, 0) is 6.42 Å². The van der Waals surface area contributed by atoms with Gasteiger partial charge in [0.25, 0.3) is 0 Å². The molecule has 0 radical (unpaired) electrons. The van der Waals surface area contributed by atoms with Crippen molar-refractivity contribution in [1.29, 1.82) is 0 Å². The van der Waals surface area contributed by atoms with E-state index in [1.807, 2.05) is 76.2 Å². The lowest BCUT2D eigenvalue weighted by atomic mass is 9.80. The number of aryl methyl sites for hydroxylation is 5. The molecule has 220 valence electrons. The first-order valence-electron chi connectivity index (χ1n) is 14.9. The molecule has 0 bridgehead atoms. The fourth-order valence-corrected chi connectivity index (χ4v) is 5.84. The molecule has 5 rings (SSSR count). The summed E-state index contributed by atoms with van der Waals surface area (Å²) in [4.78, 5) is 0. The Morgan fingerprint density at radius 1 is 0.512 bits per heavy atom. The smallest absolute Gasteiger partial charge is 0.122 e. The number of benzene rings is 5. The second-order valence-corrected chi connectivity index (χ2v) is 11.7. The highest BCUT2D eigenvalue weighted by Crippen LogP contribution is 2.46. The van der Waals surface area contributed by atoms with Gasteiger partial charge in [0.15, 0.2) is 0 Å². The van der Waals surface area contributed by atoms with Gasteiger partial charge in [-0.3, -0.25) is 0 Å². The van der Waals surface area contributed by atoms with Crippen molar-refractivity contribution >= 4 is 0 Å². The minimum atomic E-state index is -0.464. The predicted molar refractivity (Wildman–Crippen MR) is 175 cm³/mol. The fourth-order valence-electron chi connectivity index (χ4n) is 5.84. The molecule has 4 N–H and O–H groups in total. The first-order chi connectivity index (χ1) is 20.6. The number of phenolic OH excluding ortho intramolecular Hbond substituents is 4. The van der Waals surface area contributed by atoms with Crippen molar-refractivity contribution in [2.45, 2.75) is 59.8 Å². The van der Waals surface area contributed by atoms with Crippen molar-refractivity contribution in [2.75, 3.05) is 0 Å². The maximum Gasteiger partial charge on any atom is 0.122 e. The van der Waals surface area contributed by atoms with Gasteiger partial charge in [-0.05, 0) is 145 Å². The lowest BCUT2D eigenvalue weighted by Gasteiger charge is -2.25. The van der Waals surface area contributed by atoms with Crippen molar-refractivity contribution in [3.63, 3.8) is 0 Å². The van der Waals surface area contributed by atoms with Gasteiger partial charge >= 0.3 is 0 Å². The summed E-state index contributed by atoms with van der Waals surface area (Å²) < 4.78 is 0. The van der Waals surface area contributed by atoms with E-state index in [1.165, 1.54) is 5.56 Å². The molecule has 0 aliphatic carbocycles. The zero-order chi connectivity index (χ0) is 30.8. The summed E-state index contributed by atoms with van der Waals surface area (Å²) in [7, 11) is 0. The third-order valence-electron chi connectivity index (χ3n) is 8.47. The summed E-state index contributed by atoms with van der Waals surface area (Å²) in [6, 6.07) is 27.4. The molecular weight excluding hydrogens is 532 g/mol. The van der Waals surface area contributed by atoms with Gasteiger partial charge in [-0.15, -0.1) is 0 Å². The standard InChI is InChI=1S/C39H40O4/c1-6-7-8-27-9-11-28(12-10-27)37(33-21-31(19-25(4)38(33)42)29-13-15-35(40)23(2)17-29)34-22-32(20-26(5)39(34)43)30-14-16-36(41)24(3)18-30/h9-22,37,40-43H,6-8H2,1-5H3. The van der Waals surface area contributed by atoms with Crippen LogP contribution in [0.3, 0.4) is 0 Å². The van der Waals surface area contributed by atoms with Crippen LogP contribution >= 0.6 is 0 Å². The highest BCUT2D eigenvalue weighted by Gasteiger charge is 2.26. The Morgan fingerprint density at radius 3 is 1.37 bits per heavy atom. The maximum atomic E-state index is 11.6. The van der Waals surface area contributed by atoms with Gasteiger partial charge in [-0.25, -0.2) is 0 Å². The van der Waals surface area contributed by atoms with E-state index in [1.54, 1.807) is 12.1 Å². The minimum absolute atomic E-state index is 0.183. The van der Waals surface area contributed by atoms with Crippen molar-refractivity contribution in [3.05, 3.63) is 129 Å². The molecule has 0 atom stereocenters. The lowest BCUT2D eigenvalue weighted by molar-refractivity contribution is 0.454. The van der Waals surface area contributed by atoms with E-state index >= 15 is 0 Å². The van der Waals surface area contributed by atoms with E-state index in [4.69, 9.17) is 0 Å². The molecule has 0 aliphatic rings. The topological polar surface area (TPSA) is 80.9 Å². The molecule has 0 amide bonds. The maximum absolute atomic E-state index is 11.6. The van der Waals surface area contributed by atoms with Crippen LogP contribution in [0.4, 0.5) is 0 Å². The molecule has 0 spiro atoms. The van der Waals surface area contributed by atoms with E-state index in [9.17, 15) is 20.4 Å². The first kappa shape index (κ1) is 29.8. The van der Waals surface area contributed by atoms with Crippen LogP contribution in [0.1, 0.15) is 70.2 Å². The van der Waals surface area contributed by atoms with Gasteiger partial charge in [-0.1, -0.05) is 49.7 Å². The van der Waals surface area contributed by atoms with Crippen molar-refractivity contribution in [3.8, 4) is 45.3 Å². The molecule has 0 aromatic heterocycles.